The largest absolute Gasteiger partial charge is 0.484 e. The van der Waals surface area contributed by atoms with Crippen LogP contribution in [-0.4, -0.2) is 57.2 Å². The zero-order valence-electron chi connectivity index (χ0n) is 13.7. The molecule has 0 aliphatic carbocycles. The van der Waals surface area contributed by atoms with Gasteiger partial charge in [0, 0.05) is 32.3 Å². The maximum atomic E-state index is 12.0. The Hall–Kier alpha value is -1.79. The number of halogens is 1. The van der Waals surface area contributed by atoms with Crippen molar-refractivity contribution in [2.45, 2.75) is 13.3 Å². The van der Waals surface area contributed by atoms with Crippen LogP contribution in [0.1, 0.15) is 12.0 Å². The molecule has 0 bridgehead atoms. The van der Waals surface area contributed by atoms with Crippen LogP contribution in [0, 0.1) is 6.92 Å². The molecule has 0 aliphatic heterocycles. The summed E-state index contributed by atoms with van der Waals surface area (Å²) in [6.07, 6.45) is 0.735. The number of ether oxygens (including phenoxy) is 2. The van der Waals surface area contributed by atoms with Crippen LogP contribution in [0.4, 0.5) is 0 Å². The van der Waals surface area contributed by atoms with Gasteiger partial charge >= 0.3 is 0 Å². The smallest absolute Gasteiger partial charge is 0.260 e. The Morgan fingerprint density at radius 3 is 2.74 bits per heavy atom. The maximum Gasteiger partial charge on any atom is 0.260 e. The predicted octanol–water partition coefficient (Wildman–Crippen LogP) is 1.64. The van der Waals surface area contributed by atoms with Crippen LogP contribution in [0.25, 0.3) is 0 Å². The number of nitrogens with zero attached hydrogens (tertiary/aromatic N) is 1. The van der Waals surface area contributed by atoms with Crippen LogP contribution in [0.2, 0.25) is 5.02 Å². The first-order valence-corrected chi connectivity index (χ1v) is 7.70. The molecule has 0 aromatic heterocycles. The summed E-state index contributed by atoms with van der Waals surface area (Å²) in [5, 5.41) is 3.37. The summed E-state index contributed by atoms with van der Waals surface area (Å²) in [6, 6.07) is 5.18. The summed E-state index contributed by atoms with van der Waals surface area (Å²) in [5.74, 6) is 0.0848. The molecular formula is C16H23ClN2O4. The second kappa shape index (κ2) is 10.1. The minimum absolute atomic E-state index is 0.00514. The Labute approximate surface area is 141 Å². The third kappa shape index (κ3) is 7.34. The lowest BCUT2D eigenvalue weighted by Gasteiger charge is -2.17. The lowest BCUT2D eigenvalue weighted by atomic mass is 10.2. The zero-order chi connectivity index (χ0) is 17.2. The minimum Gasteiger partial charge on any atom is -0.484 e. The molecule has 0 aliphatic rings. The van der Waals surface area contributed by atoms with Gasteiger partial charge in [-0.25, -0.2) is 0 Å². The van der Waals surface area contributed by atoms with Crippen molar-refractivity contribution < 1.29 is 19.1 Å². The summed E-state index contributed by atoms with van der Waals surface area (Å²) in [4.78, 5) is 25.0. The maximum absolute atomic E-state index is 12.0. The number of hydrogen-bond donors (Lipinski definition) is 1. The highest BCUT2D eigenvalue weighted by atomic mass is 35.5. The molecule has 1 rings (SSSR count). The summed E-state index contributed by atoms with van der Waals surface area (Å²) in [6.45, 7) is 2.83. The number of nitrogens with one attached hydrogen (secondary N) is 1. The zero-order valence-corrected chi connectivity index (χ0v) is 14.5. The molecule has 1 N–H and O–H groups in total. The van der Waals surface area contributed by atoms with Gasteiger partial charge in [-0.3, -0.25) is 9.59 Å². The van der Waals surface area contributed by atoms with Crippen LogP contribution in [0.3, 0.4) is 0 Å². The first-order chi connectivity index (χ1) is 10.9. The minimum atomic E-state index is -0.273. The molecule has 128 valence electrons. The molecule has 0 fully saturated rings. The van der Waals surface area contributed by atoms with Crippen molar-refractivity contribution in [3.05, 3.63) is 28.8 Å². The van der Waals surface area contributed by atoms with E-state index in [1.54, 1.807) is 32.4 Å². The van der Waals surface area contributed by atoms with E-state index < -0.39 is 0 Å². The predicted molar refractivity (Wildman–Crippen MR) is 88.8 cm³/mol. The van der Waals surface area contributed by atoms with E-state index in [1.165, 1.54) is 4.90 Å². The van der Waals surface area contributed by atoms with Crippen LogP contribution in [0.5, 0.6) is 5.75 Å². The van der Waals surface area contributed by atoms with Crippen molar-refractivity contribution in [3.63, 3.8) is 0 Å². The van der Waals surface area contributed by atoms with Gasteiger partial charge in [0.05, 0.1) is 6.54 Å². The second-order valence-electron chi connectivity index (χ2n) is 5.15. The number of hydrogen-bond acceptors (Lipinski definition) is 4. The standard InChI is InChI=1S/C16H23ClN2O4/c1-12-9-13(5-6-14(12)17)23-11-16(21)19(2)10-15(20)18-7-4-8-22-3/h5-6,9H,4,7-8,10-11H2,1-3H3,(H,18,20). The Balaban J connectivity index is 2.33. The topological polar surface area (TPSA) is 67.9 Å². The lowest BCUT2D eigenvalue weighted by molar-refractivity contribution is -0.136. The summed E-state index contributed by atoms with van der Waals surface area (Å²) >= 11 is 5.93. The van der Waals surface area contributed by atoms with Crippen LogP contribution in [-0.2, 0) is 14.3 Å². The van der Waals surface area contributed by atoms with Crippen molar-refractivity contribution in [3.8, 4) is 5.75 Å². The fraction of sp³-hybridized carbons (Fsp3) is 0.500. The highest BCUT2D eigenvalue weighted by Gasteiger charge is 2.13. The molecule has 1 aromatic rings. The van der Waals surface area contributed by atoms with Gasteiger partial charge in [0.2, 0.25) is 5.91 Å². The van der Waals surface area contributed by atoms with E-state index in [0.29, 0.717) is 23.9 Å². The number of carbonyl (C=O) groups excluding carboxylic acids is 2. The average Bonchev–Trinajstić information content (AvgIpc) is 2.52. The molecular weight excluding hydrogens is 320 g/mol. The van der Waals surface area contributed by atoms with E-state index in [9.17, 15) is 9.59 Å². The SMILES string of the molecule is COCCCNC(=O)CN(C)C(=O)COc1ccc(Cl)c(C)c1. The van der Waals surface area contributed by atoms with Crippen LogP contribution < -0.4 is 10.1 Å². The molecule has 2 amide bonds. The number of aryl methyl sites for hydroxylation is 1. The van der Waals surface area contributed by atoms with Gasteiger partial charge in [0.1, 0.15) is 5.75 Å². The average molecular weight is 343 g/mol. The normalized spacial score (nSPS) is 10.3. The van der Waals surface area contributed by atoms with Gasteiger partial charge in [-0.2, -0.15) is 0 Å². The van der Waals surface area contributed by atoms with Crippen molar-refractivity contribution in [1.29, 1.82) is 0 Å². The molecule has 0 unspecified atom stereocenters. The van der Waals surface area contributed by atoms with E-state index in [4.69, 9.17) is 21.1 Å². The van der Waals surface area contributed by atoms with E-state index in [0.717, 1.165) is 12.0 Å². The van der Waals surface area contributed by atoms with E-state index in [-0.39, 0.29) is 25.0 Å². The Morgan fingerprint density at radius 2 is 2.09 bits per heavy atom. The first kappa shape index (κ1) is 19.3. The fourth-order valence-electron chi connectivity index (χ4n) is 1.77. The van der Waals surface area contributed by atoms with Gasteiger partial charge in [-0.1, -0.05) is 11.6 Å². The fourth-order valence-corrected chi connectivity index (χ4v) is 1.88. The van der Waals surface area contributed by atoms with Gasteiger partial charge in [-0.15, -0.1) is 0 Å². The highest BCUT2D eigenvalue weighted by molar-refractivity contribution is 6.31. The molecule has 0 atom stereocenters. The summed E-state index contributed by atoms with van der Waals surface area (Å²) in [5.41, 5.74) is 0.875. The van der Waals surface area contributed by atoms with Crippen molar-refractivity contribution in [1.82, 2.24) is 10.2 Å². The second-order valence-corrected chi connectivity index (χ2v) is 5.55. The third-order valence-corrected chi connectivity index (χ3v) is 3.57. The van der Waals surface area contributed by atoms with Crippen molar-refractivity contribution >= 4 is 23.4 Å². The van der Waals surface area contributed by atoms with E-state index in [2.05, 4.69) is 5.32 Å². The quantitative estimate of drug-likeness (QED) is 0.693. The van der Waals surface area contributed by atoms with Gasteiger partial charge in [-0.05, 0) is 37.1 Å². The number of amides is 2. The molecule has 0 radical (unpaired) electrons. The molecule has 7 heteroatoms. The van der Waals surface area contributed by atoms with E-state index in [1.807, 2.05) is 6.92 Å². The molecule has 23 heavy (non-hydrogen) atoms. The molecule has 0 spiro atoms. The number of likely N-dealkylation sites (N-methyl/N-ethyl adjacent to an activating group) is 1. The summed E-state index contributed by atoms with van der Waals surface area (Å²) in [7, 11) is 3.17. The molecule has 6 nitrogen and oxygen atoms in total. The number of benzene rings is 1. The number of rotatable bonds is 9. The molecule has 0 saturated carbocycles. The van der Waals surface area contributed by atoms with Crippen LogP contribution in [0.15, 0.2) is 18.2 Å². The Bertz CT molecular complexity index is 537. The summed E-state index contributed by atoms with van der Waals surface area (Å²) < 4.78 is 10.3. The first-order valence-electron chi connectivity index (χ1n) is 7.32. The molecule has 1 aromatic carbocycles. The lowest BCUT2D eigenvalue weighted by Crippen LogP contribution is -2.40. The van der Waals surface area contributed by atoms with Crippen molar-refractivity contribution in [2.75, 3.05) is 40.5 Å². The van der Waals surface area contributed by atoms with E-state index >= 15 is 0 Å². The van der Waals surface area contributed by atoms with Gasteiger partial charge in [0.15, 0.2) is 6.61 Å². The number of methoxy groups -OCH3 is 1. The Morgan fingerprint density at radius 1 is 1.35 bits per heavy atom. The molecule has 0 saturated heterocycles. The highest BCUT2D eigenvalue weighted by Crippen LogP contribution is 2.20. The molecule has 0 heterocycles. The van der Waals surface area contributed by atoms with Crippen LogP contribution >= 0.6 is 11.6 Å². The number of carbonyl (C=O) groups is 2. The van der Waals surface area contributed by atoms with Gasteiger partial charge in [0.25, 0.3) is 5.91 Å². The monoisotopic (exact) mass is 342 g/mol. The van der Waals surface area contributed by atoms with Gasteiger partial charge < -0.3 is 19.7 Å². The Kier molecular flexibility index (Phi) is 8.43. The third-order valence-electron chi connectivity index (χ3n) is 3.15. The van der Waals surface area contributed by atoms with Crippen molar-refractivity contribution in [2.24, 2.45) is 0 Å².